The molecule has 0 aliphatic rings. The molecule has 140 valence electrons. The smallest absolute Gasteiger partial charge is 0.310 e. The van der Waals surface area contributed by atoms with Crippen molar-refractivity contribution in [3.8, 4) is 11.5 Å². The second-order valence-corrected chi connectivity index (χ2v) is 6.57. The Morgan fingerprint density at radius 3 is 2.67 bits per heavy atom. The number of benzene rings is 2. The first kappa shape index (κ1) is 18.8. The van der Waals surface area contributed by atoms with E-state index in [-0.39, 0.29) is 31.4 Å². The fraction of sp³-hybridized carbons (Fsp3) is 0.200. The van der Waals surface area contributed by atoms with E-state index in [1.807, 2.05) is 23.6 Å². The number of rotatable bonds is 8. The van der Waals surface area contributed by atoms with Crippen molar-refractivity contribution in [3.05, 3.63) is 76.0 Å². The topological polar surface area (TPSA) is 57.7 Å². The third kappa shape index (κ3) is 5.52. The fourth-order valence-electron chi connectivity index (χ4n) is 2.37. The average Bonchev–Trinajstić information content (AvgIpc) is 3.14. The first-order valence-corrected chi connectivity index (χ1v) is 9.11. The lowest BCUT2D eigenvalue weighted by atomic mass is 10.1. The Balaban J connectivity index is 1.47. The zero-order valence-electron chi connectivity index (χ0n) is 14.7. The van der Waals surface area contributed by atoms with Crippen molar-refractivity contribution in [1.82, 2.24) is 4.98 Å². The molecule has 7 heteroatoms. The standard InChI is InChI=1S/C20H18FNO4S/c1-24-18-5-3-2-4-14(18)10-20(23)26-11-16-13-27-19(22-16)12-25-17-8-6-15(21)7-9-17/h2-9,13H,10-12H2,1H3. The first-order valence-electron chi connectivity index (χ1n) is 8.23. The molecular formula is C20H18FNO4S. The summed E-state index contributed by atoms with van der Waals surface area (Å²) in [5, 5.41) is 2.56. The first-order chi connectivity index (χ1) is 13.1. The van der Waals surface area contributed by atoms with E-state index >= 15 is 0 Å². The van der Waals surface area contributed by atoms with Crippen molar-refractivity contribution >= 4 is 17.3 Å². The van der Waals surface area contributed by atoms with E-state index in [1.165, 1.54) is 23.5 Å². The van der Waals surface area contributed by atoms with Crippen LogP contribution in [-0.4, -0.2) is 18.1 Å². The molecule has 0 spiro atoms. The molecular weight excluding hydrogens is 369 g/mol. The number of carbonyl (C=O) groups excluding carboxylic acids is 1. The third-order valence-corrected chi connectivity index (χ3v) is 4.55. The molecule has 0 amide bonds. The molecule has 0 radical (unpaired) electrons. The number of para-hydroxylation sites is 1. The minimum atomic E-state index is -0.350. The maximum Gasteiger partial charge on any atom is 0.310 e. The van der Waals surface area contributed by atoms with Gasteiger partial charge in [0.2, 0.25) is 0 Å². The van der Waals surface area contributed by atoms with Crippen molar-refractivity contribution in [2.45, 2.75) is 19.6 Å². The van der Waals surface area contributed by atoms with Crippen molar-refractivity contribution in [2.75, 3.05) is 7.11 Å². The highest BCUT2D eigenvalue weighted by Gasteiger charge is 2.11. The summed E-state index contributed by atoms with van der Waals surface area (Å²) >= 11 is 1.41. The van der Waals surface area contributed by atoms with Gasteiger partial charge >= 0.3 is 5.97 Å². The van der Waals surface area contributed by atoms with E-state index < -0.39 is 0 Å². The Morgan fingerprint density at radius 1 is 1.11 bits per heavy atom. The number of carbonyl (C=O) groups is 1. The Bertz CT molecular complexity index is 895. The lowest BCUT2D eigenvalue weighted by Gasteiger charge is -2.07. The molecule has 2 aromatic carbocycles. The van der Waals surface area contributed by atoms with Gasteiger partial charge in [-0.1, -0.05) is 18.2 Å². The van der Waals surface area contributed by atoms with E-state index in [1.54, 1.807) is 25.3 Å². The summed E-state index contributed by atoms with van der Waals surface area (Å²) in [6, 6.07) is 13.1. The molecule has 0 aliphatic heterocycles. The normalized spacial score (nSPS) is 10.4. The fourth-order valence-corrected chi connectivity index (χ4v) is 3.06. The van der Waals surface area contributed by atoms with Gasteiger partial charge in [-0.25, -0.2) is 9.37 Å². The number of methoxy groups -OCH3 is 1. The van der Waals surface area contributed by atoms with Gasteiger partial charge in [0, 0.05) is 10.9 Å². The van der Waals surface area contributed by atoms with Gasteiger partial charge in [0.05, 0.1) is 19.2 Å². The third-order valence-electron chi connectivity index (χ3n) is 3.68. The summed E-state index contributed by atoms with van der Waals surface area (Å²) in [5.74, 6) is 0.560. The van der Waals surface area contributed by atoms with Gasteiger partial charge in [0.15, 0.2) is 0 Å². The van der Waals surface area contributed by atoms with Crippen LogP contribution < -0.4 is 9.47 Å². The van der Waals surface area contributed by atoms with Gasteiger partial charge in [-0.3, -0.25) is 4.79 Å². The van der Waals surface area contributed by atoms with E-state index in [0.29, 0.717) is 17.2 Å². The van der Waals surface area contributed by atoms with Crippen LogP contribution >= 0.6 is 11.3 Å². The van der Waals surface area contributed by atoms with Crippen LogP contribution in [0.1, 0.15) is 16.3 Å². The Morgan fingerprint density at radius 2 is 1.89 bits per heavy atom. The second kappa shape index (κ2) is 9.14. The Labute approximate surface area is 160 Å². The van der Waals surface area contributed by atoms with E-state index in [9.17, 15) is 9.18 Å². The van der Waals surface area contributed by atoms with Crippen LogP contribution in [0.25, 0.3) is 0 Å². The zero-order chi connectivity index (χ0) is 19.1. The van der Waals surface area contributed by atoms with Crippen LogP contribution in [-0.2, 0) is 29.2 Å². The molecule has 0 fully saturated rings. The largest absolute Gasteiger partial charge is 0.496 e. The highest BCUT2D eigenvalue weighted by atomic mass is 32.1. The molecule has 27 heavy (non-hydrogen) atoms. The molecule has 0 bridgehead atoms. The summed E-state index contributed by atoms with van der Waals surface area (Å²) in [4.78, 5) is 16.4. The minimum absolute atomic E-state index is 0.0982. The molecule has 3 aromatic rings. The zero-order valence-corrected chi connectivity index (χ0v) is 15.5. The second-order valence-electron chi connectivity index (χ2n) is 5.62. The quantitative estimate of drug-likeness (QED) is 0.544. The summed E-state index contributed by atoms with van der Waals surface area (Å²) in [5.41, 5.74) is 1.43. The number of thiazole rings is 1. The molecule has 3 rings (SSSR count). The summed E-state index contributed by atoms with van der Waals surface area (Å²) in [6.45, 7) is 0.368. The molecule has 5 nitrogen and oxygen atoms in total. The maximum atomic E-state index is 12.9. The number of hydrogen-bond donors (Lipinski definition) is 0. The number of halogens is 1. The van der Waals surface area contributed by atoms with Gasteiger partial charge in [0.25, 0.3) is 0 Å². The molecule has 1 aromatic heterocycles. The van der Waals surface area contributed by atoms with Crippen molar-refractivity contribution < 1.29 is 23.4 Å². The predicted molar refractivity (Wildman–Crippen MR) is 99.3 cm³/mol. The van der Waals surface area contributed by atoms with E-state index in [0.717, 1.165) is 10.6 Å². The molecule has 0 saturated heterocycles. The molecule has 0 unspecified atom stereocenters. The average molecular weight is 387 g/mol. The van der Waals surface area contributed by atoms with Crippen LogP contribution in [0.5, 0.6) is 11.5 Å². The lowest BCUT2D eigenvalue weighted by Crippen LogP contribution is -2.09. The van der Waals surface area contributed by atoms with E-state index in [2.05, 4.69) is 4.98 Å². The molecule has 1 heterocycles. The number of nitrogens with zero attached hydrogens (tertiary/aromatic N) is 1. The van der Waals surface area contributed by atoms with Crippen LogP contribution in [0, 0.1) is 5.82 Å². The Hall–Kier alpha value is -2.93. The molecule has 0 saturated carbocycles. The van der Waals surface area contributed by atoms with Crippen molar-refractivity contribution in [2.24, 2.45) is 0 Å². The van der Waals surface area contributed by atoms with Crippen LogP contribution in [0.15, 0.2) is 53.9 Å². The van der Waals surface area contributed by atoms with Crippen molar-refractivity contribution in [3.63, 3.8) is 0 Å². The number of hydrogen-bond acceptors (Lipinski definition) is 6. The summed E-state index contributed by atoms with van der Waals surface area (Å²) < 4.78 is 28.9. The summed E-state index contributed by atoms with van der Waals surface area (Å²) in [6.07, 6.45) is 0.134. The van der Waals surface area contributed by atoms with Crippen molar-refractivity contribution in [1.29, 1.82) is 0 Å². The molecule has 0 atom stereocenters. The Kier molecular flexibility index (Phi) is 6.38. The molecule has 0 N–H and O–H groups in total. The van der Waals surface area contributed by atoms with Crippen LogP contribution in [0.4, 0.5) is 4.39 Å². The van der Waals surface area contributed by atoms with Crippen LogP contribution in [0.2, 0.25) is 0 Å². The van der Waals surface area contributed by atoms with E-state index in [4.69, 9.17) is 14.2 Å². The van der Waals surface area contributed by atoms with Gasteiger partial charge in [0.1, 0.15) is 35.5 Å². The SMILES string of the molecule is COc1ccccc1CC(=O)OCc1csc(COc2ccc(F)cc2)n1. The highest BCUT2D eigenvalue weighted by Crippen LogP contribution is 2.19. The maximum absolute atomic E-state index is 12.9. The monoisotopic (exact) mass is 387 g/mol. The molecule has 0 aliphatic carbocycles. The number of esters is 1. The van der Waals surface area contributed by atoms with Gasteiger partial charge in [-0.2, -0.15) is 0 Å². The van der Waals surface area contributed by atoms with Gasteiger partial charge in [-0.15, -0.1) is 11.3 Å². The van der Waals surface area contributed by atoms with Gasteiger partial charge < -0.3 is 14.2 Å². The number of ether oxygens (including phenoxy) is 3. The minimum Gasteiger partial charge on any atom is -0.496 e. The lowest BCUT2D eigenvalue weighted by molar-refractivity contribution is -0.144. The highest BCUT2D eigenvalue weighted by molar-refractivity contribution is 7.09. The van der Waals surface area contributed by atoms with Crippen LogP contribution in [0.3, 0.4) is 0 Å². The van der Waals surface area contributed by atoms with Gasteiger partial charge in [-0.05, 0) is 30.3 Å². The predicted octanol–water partition coefficient (Wildman–Crippen LogP) is 4.16. The summed E-state index contributed by atoms with van der Waals surface area (Å²) in [7, 11) is 1.56. The number of aromatic nitrogens is 1.